The second-order valence-corrected chi connectivity index (χ2v) is 4.31. The summed E-state index contributed by atoms with van der Waals surface area (Å²) in [7, 11) is 0. The number of carbonyl (C=O) groups is 1. The zero-order valence-corrected chi connectivity index (χ0v) is 10.3. The molecule has 0 saturated carbocycles. The summed E-state index contributed by atoms with van der Waals surface area (Å²) in [5, 5.41) is 0. The van der Waals surface area contributed by atoms with E-state index in [9.17, 15) is 4.79 Å². The topological polar surface area (TPSA) is 30.0 Å². The van der Waals surface area contributed by atoms with Crippen LogP contribution in [-0.4, -0.2) is 10.8 Å². The van der Waals surface area contributed by atoms with Gasteiger partial charge in [-0.3, -0.25) is 4.79 Å². The Morgan fingerprint density at radius 1 is 1.06 bits per heavy atom. The zero-order valence-electron chi connectivity index (χ0n) is 10.3. The number of ketones is 1. The van der Waals surface area contributed by atoms with Crippen LogP contribution in [-0.2, 0) is 0 Å². The highest BCUT2D eigenvalue weighted by Gasteiger charge is 2.12. The molecule has 0 fully saturated rings. The maximum absolute atomic E-state index is 12.3. The van der Waals surface area contributed by atoms with Gasteiger partial charge in [0.05, 0.1) is 0 Å². The van der Waals surface area contributed by atoms with Crippen LogP contribution in [0.2, 0.25) is 0 Å². The normalized spacial score (nSPS) is 10.3. The molecule has 1 aromatic heterocycles. The van der Waals surface area contributed by atoms with E-state index < -0.39 is 0 Å². The third-order valence-corrected chi connectivity index (χ3v) is 2.75. The molecule has 0 unspecified atom stereocenters. The van der Waals surface area contributed by atoms with Gasteiger partial charge in [0, 0.05) is 11.3 Å². The summed E-state index contributed by atoms with van der Waals surface area (Å²) in [6, 6.07) is 11.3. The van der Waals surface area contributed by atoms with E-state index in [1.54, 1.807) is 6.07 Å². The largest absolute Gasteiger partial charge is 0.287 e. The van der Waals surface area contributed by atoms with Crippen molar-refractivity contribution in [3.05, 3.63) is 64.5 Å². The molecule has 0 aliphatic carbocycles. The van der Waals surface area contributed by atoms with Gasteiger partial charge in [0.15, 0.2) is 0 Å². The van der Waals surface area contributed by atoms with Gasteiger partial charge in [-0.2, -0.15) is 0 Å². The van der Waals surface area contributed by atoms with Crippen LogP contribution in [0.1, 0.15) is 32.9 Å². The van der Waals surface area contributed by atoms with Gasteiger partial charge in [-0.05, 0) is 38.5 Å². The minimum Gasteiger partial charge on any atom is -0.287 e. The number of hydrogen-bond acceptors (Lipinski definition) is 2. The number of aryl methyl sites for hydroxylation is 3. The zero-order chi connectivity index (χ0) is 12.4. The van der Waals surface area contributed by atoms with Crippen molar-refractivity contribution in [1.29, 1.82) is 0 Å². The maximum Gasteiger partial charge on any atom is 0.211 e. The summed E-state index contributed by atoms with van der Waals surface area (Å²) in [5.74, 6) is -0.00815. The predicted octanol–water partition coefficient (Wildman–Crippen LogP) is 3.24. The molecule has 2 nitrogen and oxygen atoms in total. The van der Waals surface area contributed by atoms with Crippen LogP contribution in [0.5, 0.6) is 0 Å². The summed E-state index contributed by atoms with van der Waals surface area (Å²) >= 11 is 0. The van der Waals surface area contributed by atoms with E-state index in [4.69, 9.17) is 0 Å². The lowest BCUT2D eigenvalue weighted by molar-refractivity contribution is 0.103. The number of carbonyl (C=O) groups excluding carboxylic acids is 1. The maximum atomic E-state index is 12.3. The first kappa shape index (κ1) is 11.5. The molecule has 2 rings (SSSR count). The molecular weight excluding hydrogens is 210 g/mol. The third-order valence-electron chi connectivity index (χ3n) is 2.75. The molecule has 0 aliphatic rings. The van der Waals surface area contributed by atoms with Crippen LogP contribution in [0.4, 0.5) is 0 Å². The molecule has 17 heavy (non-hydrogen) atoms. The summed E-state index contributed by atoms with van der Waals surface area (Å²) in [4.78, 5) is 16.5. The van der Waals surface area contributed by atoms with Crippen LogP contribution in [0.3, 0.4) is 0 Å². The summed E-state index contributed by atoms with van der Waals surface area (Å²) < 4.78 is 0. The van der Waals surface area contributed by atoms with Gasteiger partial charge >= 0.3 is 0 Å². The first-order valence-electron chi connectivity index (χ1n) is 5.63. The third kappa shape index (κ3) is 2.41. The van der Waals surface area contributed by atoms with Crippen LogP contribution in [0.15, 0.2) is 36.4 Å². The molecule has 0 spiro atoms. The van der Waals surface area contributed by atoms with Crippen molar-refractivity contribution in [3.8, 4) is 0 Å². The summed E-state index contributed by atoms with van der Waals surface area (Å²) in [6.45, 7) is 5.86. The highest BCUT2D eigenvalue weighted by molar-refractivity contribution is 6.08. The van der Waals surface area contributed by atoms with E-state index in [2.05, 4.69) is 4.98 Å². The van der Waals surface area contributed by atoms with Crippen LogP contribution in [0, 0.1) is 20.8 Å². The fraction of sp³-hybridized carbons (Fsp3) is 0.200. The monoisotopic (exact) mass is 225 g/mol. The Labute approximate surface area is 101 Å². The summed E-state index contributed by atoms with van der Waals surface area (Å²) in [6.07, 6.45) is 0. The lowest BCUT2D eigenvalue weighted by atomic mass is 10.00. The molecule has 1 heterocycles. The molecule has 0 N–H and O–H groups in total. The minimum absolute atomic E-state index is 0.00815. The minimum atomic E-state index is -0.00815. The lowest BCUT2D eigenvalue weighted by Crippen LogP contribution is -2.06. The van der Waals surface area contributed by atoms with Crippen molar-refractivity contribution >= 4 is 5.78 Å². The number of aromatic nitrogens is 1. The van der Waals surface area contributed by atoms with Gasteiger partial charge in [-0.25, -0.2) is 4.98 Å². The van der Waals surface area contributed by atoms with Crippen molar-refractivity contribution in [2.45, 2.75) is 20.8 Å². The van der Waals surface area contributed by atoms with Gasteiger partial charge in [-0.15, -0.1) is 0 Å². The molecule has 0 bridgehead atoms. The van der Waals surface area contributed by atoms with Gasteiger partial charge in [0.1, 0.15) is 5.69 Å². The van der Waals surface area contributed by atoms with Crippen molar-refractivity contribution in [3.63, 3.8) is 0 Å². The number of nitrogens with zero attached hydrogens (tertiary/aromatic N) is 1. The Morgan fingerprint density at radius 3 is 2.47 bits per heavy atom. The van der Waals surface area contributed by atoms with E-state index >= 15 is 0 Å². The molecule has 0 radical (unpaired) electrons. The first-order valence-corrected chi connectivity index (χ1v) is 5.63. The van der Waals surface area contributed by atoms with Gasteiger partial charge in [-0.1, -0.05) is 29.8 Å². The van der Waals surface area contributed by atoms with Crippen molar-refractivity contribution in [2.75, 3.05) is 0 Å². The van der Waals surface area contributed by atoms with Crippen molar-refractivity contribution in [1.82, 2.24) is 4.98 Å². The molecule has 0 saturated heterocycles. The molecule has 1 aromatic carbocycles. The first-order chi connectivity index (χ1) is 8.08. The Hall–Kier alpha value is -1.96. The van der Waals surface area contributed by atoms with Crippen molar-refractivity contribution in [2.24, 2.45) is 0 Å². The fourth-order valence-corrected chi connectivity index (χ4v) is 1.88. The number of benzene rings is 1. The molecule has 0 aliphatic heterocycles. The Balaban J connectivity index is 2.44. The Kier molecular flexibility index (Phi) is 3.05. The summed E-state index contributed by atoms with van der Waals surface area (Å²) in [5.41, 5.74) is 4.26. The van der Waals surface area contributed by atoms with E-state index in [0.29, 0.717) is 5.69 Å². The van der Waals surface area contributed by atoms with Gasteiger partial charge < -0.3 is 0 Å². The molecule has 0 amide bonds. The average Bonchev–Trinajstić information content (AvgIpc) is 2.28. The van der Waals surface area contributed by atoms with E-state index in [0.717, 1.165) is 22.4 Å². The van der Waals surface area contributed by atoms with Crippen LogP contribution < -0.4 is 0 Å². The predicted molar refractivity (Wildman–Crippen MR) is 68.3 cm³/mol. The number of hydrogen-bond donors (Lipinski definition) is 0. The molecule has 2 heteroatoms. The number of rotatable bonds is 2. The van der Waals surface area contributed by atoms with Crippen molar-refractivity contribution < 1.29 is 4.79 Å². The second-order valence-electron chi connectivity index (χ2n) is 4.31. The number of pyridine rings is 1. The SMILES string of the molecule is Cc1ccc(C(=O)c2cccc(C)n2)c(C)c1. The lowest BCUT2D eigenvalue weighted by Gasteiger charge is -2.06. The molecular formula is C15H15NO. The van der Waals surface area contributed by atoms with E-state index in [-0.39, 0.29) is 5.78 Å². The average molecular weight is 225 g/mol. The molecule has 86 valence electrons. The molecule has 2 aromatic rings. The smallest absolute Gasteiger partial charge is 0.211 e. The quantitative estimate of drug-likeness (QED) is 0.734. The van der Waals surface area contributed by atoms with E-state index in [1.165, 1.54) is 0 Å². The Bertz CT molecular complexity index is 573. The fourth-order valence-electron chi connectivity index (χ4n) is 1.88. The van der Waals surface area contributed by atoms with Crippen LogP contribution in [0.25, 0.3) is 0 Å². The van der Waals surface area contributed by atoms with Crippen LogP contribution >= 0.6 is 0 Å². The molecule has 0 atom stereocenters. The standard InChI is InChI=1S/C15H15NO/c1-10-7-8-13(11(2)9-10)15(17)14-6-4-5-12(3)16-14/h4-9H,1-3H3. The van der Waals surface area contributed by atoms with Gasteiger partial charge in [0.25, 0.3) is 0 Å². The van der Waals surface area contributed by atoms with E-state index in [1.807, 2.05) is 51.1 Å². The second kappa shape index (κ2) is 4.50. The highest BCUT2D eigenvalue weighted by atomic mass is 16.1. The Morgan fingerprint density at radius 2 is 1.82 bits per heavy atom. The van der Waals surface area contributed by atoms with Gasteiger partial charge in [0.2, 0.25) is 5.78 Å². The highest BCUT2D eigenvalue weighted by Crippen LogP contribution is 2.14.